The second-order valence-electron chi connectivity index (χ2n) is 18.4. The van der Waals surface area contributed by atoms with Gasteiger partial charge in [-0.15, -0.1) is 0 Å². The van der Waals surface area contributed by atoms with E-state index in [0.29, 0.717) is 67.4 Å². The zero-order valence-corrected chi connectivity index (χ0v) is 30.4. The van der Waals surface area contributed by atoms with Crippen LogP contribution in [0.15, 0.2) is 18.2 Å². The highest BCUT2D eigenvalue weighted by Crippen LogP contribution is 2.89. The number of carbonyl (C=O) groups excluding carboxylic acids is 1. The molecule has 2 N–H and O–H groups in total. The van der Waals surface area contributed by atoms with Gasteiger partial charge >= 0.3 is 0 Å². The Hall–Kier alpha value is -1.65. The average molecular weight is 685 g/mol. The van der Waals surface area contributed by atoms with Gasteiger partial charge in [-0.2, -0.15) is 0 Å². The molecule has 1 amide bonds. The highest BCUT2D eigenvalue weighted by Gasteiger charge is 2.84. The summed E-state index contributed by atoms with van der Waals surface area (Å²) < 4.78 is 47.1. The summed E-state index contributed by atoms with van der Waals surface area (Å²) in [6.45, 7) is 16.3. The van der Waals surface area contributed by atoms with Crippen molar-refractivity contribution >= 4 is 5.91 Å². The number of hydrogen-bond donors (Lipinski definition) is 2. The first kappa shape index (κ1) is 34.4. The maximum Gasteiger partial charge on any atom is 0.219 e. The summed E-state index contributed by atoms with van der Waals surface area (Å²) in [5.74, 6) is 0.686. The smallest absolute Gasteiger partial charge is 0.219 e. The van der Waals surface area contributed by atoms with Gasteiger partial charge in [-0.05, 0) is 114 Å². The summed E-state index contributed by atoms with van der Waals surface area (Å²) in [6.07, 6.45) is 7.95. The molecule has 2 saturated heterocycles. The first-order valence-electron chi connectivity index (χ1n) is 19.2. The van der Waals surface area contributed by atoms with E-state index in [1.807, 2.05) is 4.90 Å². The van der Waals surface area contributed by atoms with Crippen molar-refractivity contribution in [1.29, 1.82) is 0 Å². The van der Waals surface area contributed by atoms with Crippen molar-refractivity contribution < 1.29 is 32.9 Å². The molecule has 0 bridgehead atoms. The van der Waals surface area contributed by atoms with Gasteiger partial charge in [-0.3, -0.25) is 4.79 Å². The zero-order chi connectivity index (χ0) is 34.7. The fourth-order valence-corrected chi connectivity index (χ4v) is 14.0. The van der Waals surface area contributed by atoms with E-state index < -0.39 is 17.7 Å². The third-order valence-corrected chi connectivity index (χ3v) is 16.2. The Labute approximate surface area is 291 Å². The molecule has 0 aromatic heterocycles. The van der Waals surface area contributed by atoms with Crippen molar-refractivity contribution in [3.05, 3.63) is 35.4 Å². The molecule has 2 heterocycles. The van der Waals surface area contributed by atoms with Crippen molar-refractivity contribution in [2.24, 2.45) is 50.7 Å². The van der Waals surface area contributed by atoms with Crippen LogP contribution in [-0.2, 0) is 25.5 Å². The summed E-state index contributed by atoms with van der Waals surface area (Å²) in [5, 5.41) is 15.9. The van der Waals surface area contributed by atoms with E-state index in [1.165, 1.54) is 25.0 Å². The van der Waals surface area contributed by atoms with Gasteiger partial charge in [0.15, 0.2) is 6.29 Å². The standard InChI is InChI=1S/C40H58F2N2O5/c1-23-15-28(20-43-19-25-16-26(41)18-27(42)17-25)48-34-33(23)37(5)11-12-40-22-39(40)10-9-31(49-32-21-44(24(2)45)13-14-47-32)36(3,4)29(39)7-8-30(40)38(37,6)35(34)46/h16-18,23,28-35,43,46H,7-15,19-22H2,1-6H3/t23-,28?,29+,30?,31?,32?,33+,34?,35+,37?,38-,39?,40?/m1/s1. The highest BCUT2D eigenvalue weighted by molar-refractivity contribution is 5.73. The Morgan fingerprint density at radius 1 is 1.04 bits per heavy atom. The minimum atomic E-state index is -0.564. The van der Waals surface area contributed by atoms with Crippen molar-refractivity contribution in [2.75, 3.05) is 26.2 Å². The van der Waals surface area contributed by atoms with E-state index in [4.69, 9.17) is 14.2 Å². The van der Waals surface area contributed by atoms with Crippen LogP contribution in [0.4, 0.5) is 8.78 Å². The van der Waals surface area contributed by atoms with E-state index >= 15 is 0 Å². The van der Waals surface area contributed by atoms with Crippen LogP contribution in [0.2, 0.25) is 0 Å². The van der Waals surface area contributed by atoms with Gasteiger partial charge in [0.05, 0.1) is 37.6 Å². The van der Waals surface area contributed by atoms with Crippen LogP contribution in [0.3, 0.4) is 0 Å². The maximum atomic E-state index is 13.7. The molecule has 2 spiro atoms. The Morgan fingerprint density at radius 3 is 2.49 bits per heavy atom. The monoisotopic (exact) mass is 684 g/mol. The van der Waals surface area contributed by atoms with Crippen LogP contribution in [0.25, 0.3) is 0 Å². The molecule has 2 aliphatic heterocycles. The van der Waals surface area contributed by atoms with Gasteiger partial charge < -0.3 is 29.5 Å². The van der Waals surface area contributed by atoms with Crippen LogP contribution in [0, 0.1) is 62.4 Å². The molecular weight excluding hydrogens is 626 g/mol. The number of nitrogens with one attached hydrogen (secondary N) is 1. The van der Waals surface area contributed by atoms with E-state index in [0.717, 1.165) is 44.6 Å². The number of amides is 1. The lowest BCUT2D eigenvalue weighted by atomic mass is 9.41. The molecule has 7 nitrogen and oxygen atoms in total. The molecule has 5 aliphatic carbocycles. The number of benzene rings is 1. The lowest BCUT2D eigenvalue weighted by Gasteiger charge is -2.64. The number of rotatable bonds is 6. The zero-order valence-electron chi connectivity index (χ0n) is 30.4. The average Bonchev–Trinajstić information content (AvgIpc) is 3.67. The number of ether oxygens (including phenoxy) is 3. The molecular formula is C40H58F2N2O5. The molecule has 7 aliphatic rings. The Morgan fingerprint density at radius 2 is 1.76 bits per heavy atom. The fraction of sp³-hybridized carbons (Fsp3) is 0.825. The quantitative estimate of drug-likeness (QED) is 0.359. The van der Waals surface area contributed by atoms with Crippen LogP contribution in [0.5, 0.6) is 0 Å². The predicted molar refractivity (Wildman–Crippen MR) is 181 cm³/mol. The molecule has 8 rings (SSSR count). The van der Waals surface area contributed by atoms with Crippen LogP contribution >= 0.6 is 0 Å². The first-order valence-corrected chi connectivity index (χ1v) is 19.2. The second kappa shape index (κ2) is 11.7. The summed E-state index contributed by atoms with van der Waals surface area (Å²) in [5.41, 5.74) is 0.902. The fourth-order valence-electron chi connectivity index (χ4n) is 14.0. The van der Waals surface area contributed by atoms with Gasteiger partial charge in [-0.1, -0.05) is 34.6 Å². The molecule has 9 heteroatoms. The summed E-state index contributed by atoms with van der Waals surface area (Å²) in [6, 6.07) is 3.64. The molecule has 49 heavy (non-hydrogen) atoms. The van der Waals surface area contributed by atoms with Crippen LogP contribution in [0.1, 0.15) is 98.5 Å². The Kier molecular flexibility index (Phi) is 8.21. The lowest BCUT2D eigenvalue weighted by molar-refractivity contribution is -0.247. The molecule has 5 saturated carbocycles. The van der Waals surface area contributed by atoms with Gasteiger partial charge in [0, 0.05) is 38.0 Å². The lowest BCUT2D eigenvalue weighted by Crippen LogP contribution is -2.60. The SMILES string of the molecule is CC(=O)N1CCOC(OC2CCC34CC35CCC3(C)[C@@H]6C(OC(CNCc7cc(F)cc(F)c7)C[C@H]6C)[C@H](O)[C@@]3(C)C5CC[C@H]4C2(C)C)C1. The van der Waals surface area contributed by atoms with Gasteiger partial charge in [-0.25, -0.2) is 8.78 Å². The van der Waals surface area contributed by atoms with Gasteiger partial charge in [0.2, 0.25) is 5.91 Å². The van der Waals surface area contributed by atoms with E-state index in [9.17, 15) is 18.7 Å². The molecule has 272 valence electrons. The number of carbonyl (C=O) groups is 1. The number of hydrogen-bond acceptors (Lipinski definition) is 6. The van der Waals surface area contributed by atoms with Crippen molar-refractivity contribution in [1.82, 2.24) is 10.2 Å². The summed E-state index contributed by atoms with van der Waals surface area (Å²) >= 11 is 0. The van der Waals surface area contributed by atoms with Crippen molar-refractivity contribution in [2.45, 2.75) is 130 Å². The summed E-state index contributed by atoms with van der Waals surface area (Å²) in [7, 11) is 0. The number of aliphatic hydroxyl groups is 1. The third-order valence-electron chi connectivity index (χ3n) is 16.2. The van der Waals surface area contributed by atoms with Crippen molar-refractivity contribution in [3.8, 4) is 0 Å². The van der Waals surface area contributed by atoms with Crippen LogP contribution in [-0.4, -0.2) is 72.9 Å². The Balaban J connectivity index is 0.980. The van der Waals surface area contributed by atoms with Crippen molar-refractivity contribution in [3.63, 3.8) is 0 Å². The second-order valence-corrected chi connectivity index (χ2v) is 18.4. The largest absolute Gasteiger partial charge is 0.390 e. The maximum absolute atomic E-state index is 13.7. The predicted octanol–water partition coefficient (Wildman–Crippen LogP) is 6.46. The van der Waals surface area contributed by atoms with Gasteiger partial charge in [0.25, 0.3) is 0 Å². The number of nitrogens with zero attached hydrogens (tertiary/aromatic N) is 1. The number of aliphatic hydroxyl groups excluding tert-OH is 1. The third kappa shape index (κ3) is 4.90. The molecule has 7 fully saturated rings. The van der Waals surface area contributed by atoms with E-state index in [-0.39, 0.29) is 52.2 Å². The Bertz CT molecular complexity index is 1460. The molecule has 1 aromatic carbocycles. The molecule has 8 unspecified atom stereocenters. The van der Waals surface area contributed by atoms with E-state index in [2.05, 4.69) is 39.9 Å². The minimum absolute atomic E-state index is 0.00272. The molecule has 0 radical (unpaired) electrons. The number of halogens is 2. The van der Waals surface area contributed by atoms with Gasteiger partial charge in [0.1, 0.15) is 11.6 Å². The van der Waals surface area contributed by atoms with Crippen LogP contribution < -0.4 is 5.32 Å². The summed E-state index contributed by atoms with van der Waals surface area (Å²) in [4.78, 5) is 13.9. The number of morpholine rings is 1. The first-order chi connectivity index (χ1) is 23.2. The number of fused-ring (bicyclic) bond motifs is 4. The molecule has 1 aromatic rings. The normalized spacial score (nSPS) is 48.1. The topological polar surface area (TPSA) is 80.3 Å². The minimum Gasteiger partial charge on any atom is -0.390 e. The molecule has 13 atom stereocenters. The van der Waals surface area contributed by atoms with E-state index in [1.54, 1.807) is 6.92 Å². The highest BCUT2D eigenvalue weighted by atomic mass is 19.1.